The van der Waals surface area contributed by atoms with Crippen LogP contribution in [0.3, 0.4) is 0 Å². The van der Waals surface area contributed by atoms with Crippen molar-refractivity contribution in [1.82, 2.24) is 4.98 Å². The van der Waals surface area contributed by atoms with E-state index in [9.17, 15) is 0 Å². The molecule has 0 saturated heterocycles. The summed E-state index contributed by atoms with van der Waals surface area (Å²) in [5, 5.41) is 1.24. The molecule has 0 fully saturated rings. The van der Waals surface area contributed by atoms with E-state index in [0.29, 0.717) is 5.92 Å². The van der Waals surface area contributed by atoms with Gasteiger partial charge in [0.1, 0.15) is 0 Å². The summed E-state index contributed by atoms with van der Waals surface area (Å²) in [6.07, 6.45) is 2.17. The molecule has 0 amide bonds. The summed E-state index contributed by atoms with van der Waals surface area (Å²) in [4.78, 5) is 4.86. The predicted molar refractivity (Wildman–Crippen MR) is 86.0 cm³/mol. The first-order chi connectivity index (χ1) is 9.79. The number of pyridine rings is 1. The minimum Gasteiger partial charge on any atom is -0.252 e. The van der Waals surface area contributed by atoms with Crippen molar-refractivity contribution >= 4 is 26.8 Å². The van der Waals surface area contributed by atoms with Gasteiger partial charge in [0.05, 0.1) is 5.52 Å². The Bertz CT molecular complexity index is 780. The molecule has 1 atom stereocenters. The highest BCUT2D eigenvalue weighted by molar-refractivity contribution is 9.10. The predicted octanol–water partition coefficient (Wildman–Crippen LogP) is 4.88. The van der Waals surface area contributed by atoms with Gasteiger partial charge < -0.3 is 0 Å². The zero-order chi connectivity index (χ0) is 13.5. The molecule has 0 N–H and O–H groups in total. The molecule has 2 aromatic carbocycles. The monoisotopic (exact) mass is 323 g/mol. The molecule has 0 unspecified atom stereocenters. The van der Waals surface area contributed by atoms with Crippen molar-refractivity contribution in [3.05, 3.63) is 75.9 Å². The average molecular weight is 324 g/mol. The molecule has 20 heavy (non-hydrogen) atoms. The number of hydrogen-bond acceptors (Lipinski definition) is 1. The summed E-state index contributed by atoms with van der Waals surface area (Å²) >= 11 is 3.52. The lowest BCUT2D eigenvalue weighted by molar-refractivity contribution is 0.736. The molecule has 0 spiro atoms. The van der Waals surface area contributed by atoms with Crippen LogP contribution < -0.4 is 0 Å². The van der Waals surface area contributed by atoms with Gasteiger partial charge in [0.15, 0.2) is 0 Å². The van der Waals surface area contributed by atoms with Crippen LogP contribution in [-0.4, -0.2) is 4.98 Å². The maximum atomic E-state index is 4.86. The topological polar surface area (TPSA) is 12.9 Å². The molecular weight excluding hydrogens is 310 g/mol. The Morgan fingerprint density at radius 1 is 0.950 bits per heavy atom. The quantitative estimate of drug-likeness (QED) is 0.622. The summed E-state index contributed by atoms with van der Waals surface area (Å²) in [7, 11) is 0. The van der Waals surface area contributed by atoms with E-state index in [1.807, 2.05) is 0 Å². The second kappa shape index (κ2) is 4.71. The first-order valence-corrected chi connectivity index (χ1v) is 7.72. The van der Waals surface area contributed by atoms with Crippen LogP contribution in [0.1, 0.15) is 22.7 Å². The Morgan fingerprint density at radius 3 is 2.65 bits per heavy atom. The molecule has 1 aromatic heterocycles. The van der Waals surface area contributed by atoms with Crippen LogP contribution in [0.2, 0.25) is 0 Å². The van der Waals surface area contributed by atoms with Crippen molar-refractivity contribution in [3.63, 3.8) is 0 Å². The molecule has 2 heteroatoms. The third kappa shape index (κ3) is 2.04. The van der Waals surface area contributed by atoms with Gasteiger partial charge in [-0.1, -0.05) is 52.3 Å². The Balaban J connectivity index is 1.76. The van der Waals surface area contributed by atoms with Crippen molar-refractivity contribution in [3.8, 4) is 0 Å². The van der Waals surface area contributed by atoms with E-state index in [2.05, 4.69) is 70.5 Å². The lowest BCUT2D eigenvalue weighted by Crippen LogP contribution is -1.97. The molecule has 0 radical (unpaired) electrons. The lowest BCUT2D eigenvalue weighted by atomic mass is 9.97. The first kappa shape index (κ1) is 12.1. The number of rotatable bonds is 1. The third-order valence-corrected chi connectivity index (χ3v) is 4.62. The zero-order valence-electron chi connectivity index (χ0n) is 11.0. The van der Waals surface area contributed by atoms with Gasteiger partial charge in [-0.25, -0.2) is 0 Å². The first-order valence-electron chi connectivity index (χ1n) is 6.92. The molecular formula is C18H14BrN. The molecule has 0 aliphatic heterocycles. The van der Waals surface area contributed by atoms with Gasteiger partial charge in [0.25, 0.3) is 0 Å². The van der Waals surface area contributed by atoms with E-state index in [4.69, 9.17) is 4.98 Å². The Hall–Kier alpha value is -1.67. The van der Waals surface area contributed by atoms with Crippen molar-refractivity contribution < 1.29 is 0 Å². The maximum Gasteiger partial charge on any atom is 0.0716 e. The summed E-state index contributed by atoms with van der Waals surface area (Å²) in [6.45, 7) is 0. The SMILES string of the molecule is Brc1ccc2cc3c(nc2c1)C[C@H](c1ccccc1)C3. The zero-order valence-corrected chi connectivity index (χ0v) is 12.6. The van der Waals surface area contributed by atoms with Crippen molar-refractivity contribution in [2.75, 3.05) is 0 Å². The van der Waals surface area contributed by atoms with Crippen LogP contribution in [-0.2, 0) is 12.8 Å². The summed E-state index contributed by atoms with van der Waals surface area (Å²) in [5.41, 5.74) is 5.20. The fraction of sp³-hybridized carbons (Fsp3) is 0.167. The van der Waals surface area contributed by atoms with E-state index >= 15 is 0 Å². The molecule has 1 heterocycles. The van der Waals surface area contributed by atoms with Gasteiger partial charge in [0, 0.05) is 15.6 Å². The van der Waals surface area contributed by atoms with Gasteiger partial charge in [-0.15, -0.1) is 0 Å². The van der Waals surface area contributed by atoms with Gasteiger partial charge >= 0.3 is 0 Å². The normalized spacial score (nSPS) is 17.4. The summed E-state index contributed by atoms with van der Waals surface area (Å²) < 4.78 is 1.09. The van der Waals surface area contributed by atoms with Gasteiger partial charge in [-0.05, 0) is 48.1 Å². The minimum absolute atomic E-state index is 0.582. The molecule has 1 aliphatic carbocycles. The van der Waals surface area contributed by atoms with E-state index in [1.54, 1.807) is 0 Å². The van der Waals surface area contributed by atoms with Crippen LogP contribution in [0, 0.1) is 0 Å². The molecule has 1 nitrogen and oxygen atoms in total. The van der Waals surface area contributed by atoms with Crippen molar-refractivity contribution in [1.29, 1.82) is 0 Å². The van der Waals surface area contributed by atoms with E-state index in [1.165, 1.54) is 22.2 Å². The smallest absolute Gasteiger partial charge is 0.0716 e. The highest BCUT2D eigenvalue weighted by Gasteiger charge is 2.24. The molecule has 0 bridgehead atoms. The largest absolute Gasteiger partial charge is 0.252 e. The number of halogens is 1. The van der Waals surface area contributed by atoms with Gasteiger partial charge in [-0.2, -0.15) is 0 Å². The minimum atomic E-state index is 0.582. The fourth-order valence-corrected chi connectivity index (χ4v) is 3.46. The van der Waals surface area contributed by atoms with Crippen LogP contribution in [0.15, 0.2) is 59.1 Å². The number of fused-ring (bicyclic) bond motifs is 2. The second-order valence-corrected chi connectivity index (χ2v) is 6.36. The Morgan fingerprint density at radius 2 is 1.80 bits per heavy atom. The van der Waals surface area contributed by atoms with Crippen LogP contribution in [0.25, 0.3) is 10.9 Å². The Labute approximate surface area is 126 Å². The highest BCUT2D eigenvalue weighted by atomic mass is 79.9. The van der Waals surface area contributed by atoms with Gasteiger partial charge in [-0.3, -0.25) is 4.98 Å². The lowest BCUT2D eigenvalue weighted by Gasteiger charge is -2.07. The van der Waals surface area contributed by atoms with E-state index in [-0.39, 0.29) is 0 Å². The van der Waals surface area contributed by atoms with E-state index in [0.717, 1.165) is 22.8 Å². The molecule has 3 aromatic rings. The van der Waals surface area contributed by atoms with Crippen molar-refractivity contribution in [2.45, 2.75) is 18.8 Å². The standard InChI is InChI=1S/C18H14BrN/c19-16-7-6-13-8-15-9-14(12-4-2-1-3-5-12)10-17(15)20-18(13)11-16/h1-8,11,14H,9-10H2/t14-/m1/s1. The Kier molecular flexibility index (Phi) is 2.85. The van der Waals surface area contributed by atoms with Crippen molar-refractivity contribution in [2.24, 2.45) is 0 Å². The third-order valence-electron chi connectivity index (χ3n) is 4.13. The number of hydrogen-bond donors (Lipinski definition) is 0. The van der Waals surface area contributed by atoms with Crippen LogP contribution in [0.5, 0.6) is 0 Å². The molecule has 98 valence electrons. The second-order valence-electron chi connectivity index (χ2n) is 5.45. The summed E-state index contributed by atoms with van der Waals surface area (Å²) in [6, 6.07) is 19.4. The number of aromatic nitrogens is 1. The van der Waals surface area contributed by atoms with Crippen LogP contribution >= 0.6 is 15.9 Å². The molecule has 4 rings (SSSR count). The number of nitrogens with zero attached hydrogens (tertiary/aromatic N) is 1. The van der Waals surface area contributed by atoms with E-state index < -0.39 is 0 Å². The average Bonchev–Trinajstić information content (AvgIpc) is 2.88. The van der Waals surface area contributed by atoms with Gasteiger partial charge in [0.2, 0.25) is 0 Å². The van der Waals surface area contributed by atoms with Crippen LogP contribution in [0.4, 0.5) is 0 Å². The fourth-order valence-electron chi connectivity index (χ4n) is 3.11. The number of benzene rings is 2. The molecule has 0 saturated carbocycles. The summed E-state index contributed by atoms with van der Waals surface area (Å²) in [5.74, 6) is 0.582. The maximum absolute atomic E-state index is 4.86. The molecule has 1 aliphatic rings. The highest BCUT2D eigenvalue weighted by Crippen LogP contribution is 2.34.